The lowest BCUT2D eigenvalue weighted by atomic mass is 9.89. The highest BCUT2D eigenvalue weighted by Crippen LogP contribution is 2.56. The van der Waals surface area contributed by atoms with Crippen LogP contribution in [-0.4, -0.2) is 46.9 Å². The molecule has 2 fully saturated rings. The number of thiazole rings is 1. The van der Waals surface area contributed by atoms with E-state index >= 15 is 0 Å². The fourth-order valence-corrected chi connectivity index (χ4v) is 5.27. The molecule has 1 amide bonds. The van der Waals surface area contributed by atoms with Crippen LogP contribution in [0.4, 0.5) is 0 Å². The lowest BCUT2D eigenvalue weighted by Crippen LogP contribution is -2.44. The first kappa shape index (κ1) is 16.3. The van der Waals surface area contributed by atoms with Crippen LogP contribution < -0.4 is 0 Å². The Kier molecular flexibility index (Phi) is 4.48. The van der Waals surface area contributed by atoms with E-state index in [4.69, 9.17) is 0 Å². The molecule has 24 heavy (non-hydrogen) atoms. The SMILES string of the molecule is CN(Cc1nccs1)[C@@H]1CC12CCN(C(=O)[C@H]1CC=CCC1)CC2. The summed E-state index contributed by atoms with van der Waals surface area (Å²) in [6, 6.07) is 0.677. The Balaban J connectivity index is 1.29. The predicted molar refractivity (Wildman–Crippen MR) is 96.7 cm³/mol. The minimum absolute atomic E-state index is 0.242. The van der Waals surface area contributed by atoms with Gasteiger partial charge in [0.25, 0.3) is 0 Å². The predicted octanol–water partition coefficient (Wildman–Crippen LogP) is 3.31. The number of carbonyl (C=O) groups excluding carboxylic acids is 1. The molecule has 2 atom stereocenters. The van der Waals surface area contributed by atoms with Crippen LogP contribution >= 0.6 is 11.3 Å². The highest BCUT2D eigenvalue weighted by molar-refractivity contribution is 7.09. The zero-order chi connectivity index (χ0) is 16.6. The van der Waals surface area contributed by atoms with Crippen LogP contribution in [-0.2, 0) is 11.3 Å². The van der Waals surface area contributed by atoms with Crippen molar-refractivity contribution in [3.8, 4) is 0 Å². The monoisotopic (exact) mass is 345 g/mol. The fourth-order valence-electron chi connectivity index (χ4n) is 4.59. The van der Waals surface area contributed by atoms with E-state index in [9.17, 15) is 4.79 Å². The van der Waals surface area contributed by atoms with Crippen molar-refractivity contribution in [3.63, 3.8) is 0 Å². The van der Waals surface area contributed by atoms with Crippen molar-refractivity contribution in [2.75, 3.05) is 20.1 Å². The fraction of sp³-hybridized carbons (Fsp3) is 0.684. The summed E-state index contributed by atoms with van der Waals surface area (Å²) < 4.78 is 0. The zero-order valence-corrected chi connectivity index (χ0v) is 15.3. The summed E-state index contributed by atoms with van der Waals surface area (Å²) in [4.78, 5) is 21.7. The molecule has 0 aromatic carbocycles. The molecule has 130 valence electrons. The molecule has 4 rings (SSSR count). The van der Waals surface area contributed by atoms with Gasteiger partial charge in [-0.3, -0.25) is 9.69 Å². The lowest BCUT2D eigenvalue weighted by Gasteiger charge is -2.36. The second kappa shape index (κ2) is 6.60. The van der Waals surface area contributed by atoms with Crippen molar-refractivity contribution in [3.05, 3.63) is 28.7 Å². The molecule has 2 aliphatic carbocycles. The maximum Gasteiger partial charge on any atom is 0.226 e. The summed E-state index contributed by atoms with van der Waals surface area (Å²) in [7, 11) is 2.23. The van der Waals surface area contributed by atoms with Crippen LogP contribution in [0.3, 0.4) is 0 Å². The number of hydrogen-bond donors (Lipinski definition) is 0. The molecule has 0 N–H and O–H groups in total. The van der Waals surface area contributed by atoms with Gasteiger partial charge in [0, 0.05) is 36.6 Å². The van der Waals surface area contributed by atoms with Gasteiger partial charge in [-0.25, -0.2) is 4.98 Å². The summed E-state index contributed by atoms with van der Waals surface area (Å²) in [5.74, 6) is 0.647. The van der Waals surface area contributed by atoms with Gasteiger partial charge in [-0.2, -0.15) is 0 Å². The Morgan fingerprint density at radius 3 is 2.92 bits per heavy atom. The van der Waals surface area contributed by atoms with Crippen molar-refractivity contribution in [2.24, 2.45) is 11.3 Å². The molecule has 1 spiro atoms. The number of hydrogen-bond acceptors (Lipinski definition) is 4. The number of allylic oxidation sites excluding steroid dienone is 2. The molecular formula is C19H27N3OS. The van der Waals surface area contributed by atoms with Crippen LogP contribution in [0.25, 0.3) is 0 Å². The number of nitrogens with zero attached hydrogens (tertiary/aromatic N) is 3. The third-order valence-electron chi connectivity index (χ3n) is 6.24. The molecule has 0 bridgehead atoms. The Morgan fingerprint density at radius 1 is 1.42 bits per heavy atom. The van der Waals surface area contributed by atoms with Gasteiger partial charge < -0.3 is 4.90 Å². The lowest BCUT2D eigenvalue weighted by molar-refractivity contribution is -0.137. The van der Waals surface area contributed by atoms with Gasteiger partial charge in [0.15, 0.2) is 0 Å². The van der Waals surface area contributed by atoms with E-state index in [0.717, 1.165) is 38.9 Å². The van der Waals surface area contributed by atoms with Crippen molar-refractivity contribution in [1.29, 1.82) is 0 Å². The van der Waals surface area contributed by atoms with Gasteiger partial charge in [0.2, 0.25) is 5.91 Å². The van der Waals surface area contributed by atoms with E-state index in [1.165, 1.54) is 24.3 Å². The third-order valence-corrected chi connectivity index (χ3v) is 7.00. The second-order valence-corrected chi connectivity index (χ2v) is 8.71. The zero-order valence-electron chi connectivity index (χ0n) is 14.5. The van der Waals surface area contributed by atoms with E-state index in [-0.39, 0.29) is 5.92 Å². The highest BCUT2D eigenvalue weighted by atomic mass is 32.1. The van der Waals surface area contributed by atoms with E-state index in [1.54, 1.807) is 11.3 Å². The van der Waals surface area contributed by atoms with Gasteiger partial charge >= 0.3 is 0 Å². The number of amides is 1. The van der Waals surface area contributed by atoms with E-state index in [1.807, 2.05) is 6.20 Å². The molecule has 0 radical (unpaired) electrons. The van der Waals surface area contributed by atoms with Gasteiger partial charge in [-0.05, 0) is 51.0 Å². The molecule has 1 saturated carbocycles. The standard InChI is InChI=1S/C19H27N3OS/c1-21(14-17-20-9-12-24-17)16-13-19(16)7-10-22(11-8-19)18(23)15-5-3-2-4-6-15/h2-3,9,12,15-16H,4-8,10-11,13-14H2,1H3/t15-,16+/m0/s1. The van der Waals surface area contributed by atoms with Crippen LogP contribution in [0.1, 0.15) is 43.5 Å². The van der Waals surface area contributed by atoms with Crippen molar-refractivity contribution >= 4 is 17.2 Å². The number of rotatable bonds is 4. The maximum atomic E-state index is 12.7. The summed E-state index contributed by atoms with van der Waals surface area (Å²) in [5.41, 5.74) is 0.468. The van der Waals surface area contributed by atoms with E-state index < -0.39 is 0 Å². The molecule has 3 aliphatic rings. The minimum Gasteiger partial charge on any atom is -0.342 e. The van der Waals surface area contributed by atoms with Gasteiger partial charge in [0.1, 0.15) is 5.01 Å². The number of piperidine rings is 1. The molecule has 1 saturated heterocycles. The Bertz CT molecular complexity index is 604. The number of likely N-dealkylation sites (tertiary alicyclic amines) is 1. The summed E-state index contributed by atoms with van der Waals surface area (Å²) in [6.45, 7) is 2.88. The minimum atomic E-state index is 0.242. The van der Waals surface area contributed by atoms with Gasteiger partial charge in [0.05, 0.1) is 6.54 Å². The molecule has 2 heterocycles. The van der Waals surface area contributed by atoms with Gasteiger partial charge in [-0.15, -0.1) is 11.3 Å². The molecule has 4 nitrogen and oxygen atoms in total. The van der Waals surface area contributed by atoms with Crippen molar-refractivity contribution in [2.45, 2.75) is 51.1 Å². The average molecular weight is 346 g/mol. The Morgan fingerprint density at radius 2 is 2.25 bits per heavy atom. The molecule has 1 aliphatic heterocycles. The van der Waals surface area contributed by atoms with Crippen LogP contribution in [0, 0.1) is 11.3 Å². The topological polar surface area (TPSA) is 36.4 Å². The molecule has 0 unspecified atom stereocenters. The summed E-state index contributed by atoms with van der Waals surface area (Å²) >= 11 is 1.74. The molecule has 1 aromatic rings. The molecule has 5 heteroatoms. The highest BCUT2D eigenvalue weighted by Gasteiger charge is 2.57. The largest absolute Gasteiger partial charge is 0.342 e. The first-order valence-corrected chi connectivity index (χ1v) is 10.1. The van der Waals surface area contributed by atoms with E-state index in [2.05, 4.69) is 39.4 Å². The maximum absolute atomic E-state index is 12.7. The van der Waals surface area contributed by atoms with Crippen LogP contribution in [0.2, 0.25) is 0 Å². The van der Waals surface area contributed by atoms with Gasteiger partial charge in [-0.1, -0.05) is 12.2 Å². The Hall–Kier alpha value is -1.20. The second-order valence-electron chi connectivity index (χ2n) is 7.73. The number of carbonyl (C=O) groups is 1. The first-order valence-electron chi connectivity index (χ1n) is 9.20. The Labute approximate surface area is 148 Å². The quantitative estimate of drug-likeness (QED) is 0.786. The smallest absolute Gasteiger partial charge is 0.226 e. The molecular weight excluding hydrogens is 318 g/mol. The molecule has 1 aromatic heterocycles. The third kappa shape index (κ3) is 3.16. The first-order chi connectivity index (χ1) is 11.7. The summed E-state index contributed by atoms with van der Waals surface area (Å²) in [6.07, 6.45) is 13.0. The van der Waals surface area contributed by atoms with Crippen molar-refractivity contribution < 1.29 is 4.79 Å². The summed E-state index contributed by atoms with van der Waals surface area (Å²) in [5, 5.41) is 3.26. The van der Waals surface area contributed by atoms with Crippen LogP contribution in [0.5, 0.6) is 0 Å². The average Bonchev–Trinajstić information content (AvgIpc) is 3.07. The van der Waals surface area contributed by atoms with Crippen molar-refractivity contribution in [1.82, 2.24) is 14.8 Å². The van der Waals surface area contributed by atoms with E-state index in [0.29, 0.717) is 17.4 Å². The normalized spacial score (nSPS) is 28.5. The number of aromatic nitrogens is 1. The van der Waals surface area contributed by atoms with Crippen LogP contribution in [0.15, 0.2) is 23.7 Å².